The van der Waals surface area contributed by atoms with Gasteiger partial charge in [0.05, 0.1) is 0 Å². The van der Waals surface area contributed by atoms with E-state index < -0.39 is 0 Å². The van der Waals surface area contributed by atoms with E-state index in [0.29, 0.717) is 5.91 Å². The van der Waals surface area contributed by atoms with E-state index in [2.05, 4.69) is 52.3 Å². The summed E-state index contributed by atoms with van der Waals surface area (Å²) in [6, 6.07) is 15.0. The number of benzene rings is 1. The van der Waals surface area contributed by atoms with Crippen molar-refractivity contribution in [2.24, 2.45) is 5.92 Å². The molecule has 29 heavy (non-hydrogen) atoms. The molecule has 4 heteroatoms. The maximum Gasteiger partial charge on any atom is 0.225 e. The highest BCUT2D eigenvalue weighted by Crippen LogP contribution is 2.41. The van der Waals surface area contributed by atoms with Gasteiger partial charge < -0.3 is 4.90 Å². The van der Waals surface area contributed by atoms with Crippen LogP contribution in [0, 0.1) is 5.92 Å². The number of piperidine rings is 1. The van der Waals surface area contributed by atoms with Gasteiger partial charge in [0.25, 0.3) is 0 Å². The molecule has 1 aliphatic carbocycles. The second kappa shape index (κ2) is 9.08. The summed E-state index contributed by atoms with van der Waals surface area (Å²) >= 11 is 0. The third kappa shape index (κ3) is 4.69. The fraction of sp³-hybridized carbons (Fsp3) is 0.520. The SMILES string of the molecule is CN(CC1(c2ccccc2)CCCC1)C(=O)C1CCN(Cc2ccncc2)CC1. The first kappa shape index (κ1) is 20.1. The minimum atomic E-state index is 0.147. The van der Waals surface area contributed by atoms with Crippen LogP contribution < -0.4 is 0 Å². The number of rotatable bonds is 6. The van der Waals surface area contributed by atoms with E-state index in [-0.39, 0.29) is 11.3 Å². The summed E-state index contributed by atoms with van der Waals surface area (Å²) in [6.45, 7) is 3.80. The molecule has 2 fully saturated rings. The van der Waals surface area contributed by atoms with Gasteiger partial charge in [0.1, 0.15) is 0 Å². The van der Waals surface area contributed by atoms with Crippen molar-refractivity contribution in [1.29, 1.82) is 0 Å². The molecule has 1 aromatic heterocycles. The van der Waals surface area contributed by atoms with Gasteiger partial charge in [0.2, 0.25) is 5.91 Å². The Morgan fingerprint density at radius 1 is 1.07 bits per heavy atom. The zero-order valence-corrected chi connectivity index (χ0v) is 17.6. The molecule has 1 aliphatic heterocycles. The summed E-state index contributed by atoms with van der Waals surface area (Å²) in [6.07, 6.45) is 10.6. The van der Waals surface area contributed by atoms with Gasteiger partial charge in [-0.3, -0.25) is 14.7 Å². The average molecular weight is 392 g/mol. The van der Waals surface area contributed by atoms with Crippen molar-refractivity contribution in [1.82, 2.24) is 14.8 Å². The molecule has 4 rings (SSSR count). The van der Waals surface area contributed by atoms with E-state index in [0.717, 1.165) is 39.0 Å². The van der Waals surface area contributed by atoms with Crippen LogP contribution in [0.4, 0.5) is 0 Å². The monoisotopic (exact) mass is 391 g/mol. The van der Waals surface area contributed by atoms with Gasteiger partial charge in [-0.25, -0.2) is 0 Å². The van der Waals surface area contributed by atoms with Gasteiger partial charge in [-0.05, 0) is 62.0 Å². The molecule has 0 unspecified atom stereocenters. The van der Waals surface area contributed by atoms with Crippen LogP contribution in [0.25, 0.3) is 0 Å². The predicted octanol–water partition coefficient (Wildman–Crippen LogP) is 4.26. The predicted molar refractivity (Wildman–Crippen MR) is 116 cm³/mol. The van der Waals surface area contributed by atoms with Gasteiger partial charge in [-0.2, -0.15) is 0 Å². The smallest absolute Gasteiger partial charge is 0.225 e. The standard InChI is InChI=1S/C25H33N3O/c1-27(20-25(13-5-6-14-25)23-7-3-2-4-8-23)24(29)22-11-17-28(18-12-22)19-21-9-15-26-16-10-21/h2-4,7-10,15-16,22H,5-6,11-14,17-20H2,1H3. The molecule has 2 aliphatic rings. The van der Waals surface area contributed by atoms with Crippen LogP contribution in [0.5, 0.6) is 0 Å². The third-order valence-corrected chi connectivity index (χ3v) is 6.96. The zero-order chi connectivity index (χ0) is 20.1. The van der Waals surface area contributed by atoms with Crippen LogP contribution in [-0.2, 0) is 16.8 Å². The van der Waals surface area contributed by atoms with Crippen LogP contribution in [0.15, 0.2) is 54.9 Å². The van der Waals surface area contributed by atoms with E-state index >= 15 is 0 Å². The van der Waals surface area contributed by atoms with Crippen LogP contribution >= 0.6 is 0 Å². The molecule has 1 saturated carbocycles. The highest BCUT2D eigenvalue weighted by Gasteiger charge is 2.38. The molecular weight excluding hydrogens is 358 g/mol. The third-order valence-electron chi connectivity index (χ3n) is 6.96. The van der Waals surface area contributed by atoms with E-state index in [1.54, 1.807) is 0 Å². The largest absolute Gasteiger partial charge is 0.345 e. The van der Waals surface area contributed by atoms with Gasteiger partial charge in [0.15, 0.2) is 0 Å². The minimum absolute atomic E-state index is 0.147. The molecule has 154 valence electrons. The first-order valence-electron chi connectivity index (χ1n) is 11.1. The summed E-state index contributed by atoms with van der Waals surface area (Å²) in [4.78, 5) is 21.8. The first-order chi connectivity index (χ1) is 14.2. The number of likely N-dealkylation sites (tertiary alicyclic amines) is 1. The quantitative estimate of drug-likeness (QED) is 0.738. The molecule has 0 N–H and O–H groups in total. The molecular formula is C25H33N3O. The Balaban J connectivity index is 1.34. The average Bonchev–Trinajstić information content (AvgIpc) is 3.25. The fourth-order valence-corrected chi connectivity index (χ4v) is 5.31. The van der Waals surface area contributed by atoms with Crippen molar-refractivity contribution in [3.05, 3.63) is 66.0 Å². The lowest BCUT2D eigenvalue weighted by molar-refractivity contribution is -0.136. The van der Waals surface area contributed by atoms with Crippen molar-refractivity contribution >= 4 is 5.91 Å². The summed E-state index contributed by atoms with van der Waals surface area (Å²) in [5.41, 5.74) is 2.85. The molecule has 0 spiro atoms. The summed E-state index contributed by atoms with van der Waals surface area (Å²) in [7, 11) is 2.02. The summed E-state index contributed by atoms with van der Waals surface area (Å²) in [5, 5.41) is 0. The number of likely N-dealkylation sites (N-methyl/N-ethyl adjacent to an activating group) is 1. The molecule has 0 bridgehead atoms. The number of pyridine rings is 1. The number of amides is 1. The van der Waals surface area contributed by atoms with Crippen LogP contribution in [-0.4, -0.2) is 47.4 Å². The lowest BCUT2D eigenvalue weighted by Gasteiger charge is -2.37. The minimum Gasteiger partial charge on any atom is -0.345 e. The van der Waals surface area contributed by atoms with Gasteiger partial charge in [-0.15, -0.1) is 0 Å². The molecule has 0 radical (unpaired) electrons. The Labute approximate surface area is 174 Å². The lowest BCUT2D eigenvalue weighted by Crippen LogP contribution is -2.45. The van der Waals surface area contributed by atoms with Crippen molar-refractivity contribution < 1.29 is 4.79 Å². The number of hydrogen-bond donors (Lipinski definition) is 0. The van der Waals surface area contributed by atoms with E-state index in [9.17, 15) is 4.79 Å². The number of nitrogens with zero attached hydrogens (tertiary/aromatic N) is 3. The maximum atomic E-state index is 13.2. The molecule has 1 saturated heterocycles. The van der Waals surface area contributed by atoms with Gasteiger partial charge in [-0.1, -0.05) is 43.2 Å². The number of hydrogen-bond acceptors (Lipinski definition) is 3. The maximum absolute atomic E-state index is 13.2. The second-order valence-corrected chi connectivity index (χ2v) is 8.95. The number of carbonyl (C=O) groups excluding carboxylic acids is 1. The lowest BCUT2D eigenvalue weighted by atomic mass is 9.78. The number of aromatic nitrogens is 1. The second-order valence-electron chi connectivity index (χ2n) is 8.95. The van der Waals surface area contributed by atoms with E-state index in [4.69, 9.17) is 0 Å². The molecule has 1 aromatic carbocycles. The van der Waals surface area contributed by atoms with Crippen molar-refractivity contribution in [3.8, 4) is 0 Å². The highest BCUT2D eigenvalue weighted by molar-refractivity contribution is 5.78. The van der Waals surface area contributed by atoms with Gasteiger partial charge >= 0.3 is 0 Å². The van der Waals surface area contributed by atoms with Crippen LogP contribution in [0.3, 0.4) is 0 Å². The summed E-state index contributed by atoms with van der Waals surface area (Å²) in [5.74, 6) is 0.513. The topological polar surface area (TPSA) is 36.4 Å². The molecule has 0 atom stereocenters. The van der Waals surface area contributed by atoms with E-state index in [1.807, 2.05) is 24.3 Å². The molecule has 4 nitrogen and oxygen atoms in total. The fourth-order valence-electron chi connectivity index (χ4n) is 5.31. The Hall–Kier alpha value is -2.20. The summed E-state index contributed by atoms with van der Waals surface area (Å²) < 4.78 is 0. The Kier molecular flexibility index (Phi) is 6.29. The van der Waals surface area contributed by atoms with Crippen molar-refractivity contribution in [2.45, 2.75) is 50.5 Å². The number of carbonyl (C=O) groups is 1. The van der Waals surface area contributed by atoms with Crippen molar-refractivity contribution in [3.63, 3.8) is 0 Å². The Morgan fingerprint density at radius 3 is 2.38 bits per heavy atom. The van der Waals surface area contributed by atoms with E-state index in [1.165, 1.54) is 36.8 Å². The Bertz CT molecular complexity index is 778. The first-order valence-corrected chi connectivity index (χ1v) is 11.1. The van der Waals surface area contributed by atoms with Gasteiger partial charge in [0, 0.05) is 43.9 Å². The zero-order valence-electron chi connectivity index (χ0n) is 17.6. The van der Waals surface area contributed by atoms with Crippen LogP contribution in [0.2, 0.25) is 0 Å². The molecule has 2 aromatic rings. The highest BCUT2D eigenvalue weighted by atomic mass is 16.2. The van der Waals surface area contributed by atoms with Crippen molar-refractivity contribution in [2.75, 3.05) is 26.7 Å². The Morgan fingerprint density at radius 2 is 1.72 bits per heavy atom. The molecule has 1 amide bonds. The normalized spacial score (nSPS) is 19.9. The van der Waals surface area contributed by atoms with Crippen LogP contribution in [0.1, 0.15) is 49.7 Å². The molecule has 2 heterocycles.